The third kappa shape index (κ3) is 3.82. The van der Waals surface area contributed by atoms with E-state index in [2.05, 4.69) is 21.6 Å². The van der Waals surface area contributed by atoms with E-state index >= 15 is 0 Å². The standard InChI is InChI=1S/C18H21N3O3S/c1-4-24-17(22)16-11(2)19-18(25-16)21-20-15-7-5-6-12-10-13(23-3)8-9-14(12)15/h8-10H,4-7H2,1-3H3,(H,19,21)/b20-15+. The molecule has 0 fully saturated rings. The maximum absolute atomic E-state index is 11.9. The number of thiazole rings is 1. The first-order valence-electron chi connectivity index (χ1n) is 8.26. The fourth-order valence-corrected chi connectivity index (χ4v) is 3.63. The zero-order valence-corrected chi connectivity index (χ0v) is 15.4. The lowest BCUT2D eigenvalue weighted by molar-refractivity contribution is 0.0531. The minimum atomic E-state index is -0.340. The number of carbonyl (C=O) groups excluding carboxylic acids is 1. The number of methoxy groups -OCH3 is 1. The van der Waals surface area contributed by atoms with E-state index in [-0.39, 0.29) is 5.97 Å². The third-order valence-corrected chi connectivity index (χ3v) is 5.07. The van der Waals surface area contributed by atoms with Crippen LogP contribution in [-0.4, -0.2) is 30.4 Å². The van der Waals surface area contributed by atoms with Crippen molar-refractivity contribution in [1.82, 2.24) is 4.98 Å². The molecule has 0 saturated heterocycles. The Hall–Kier alpha value is -2.41. The van der Waals surface area contributed by atoms with E-state index in [1.165, 1.54) is 16.9 Å². The maximum Gasteiger partial charge on any atom is 0.350 e. The minimum absolute atomic E-state index is 0.340. The number of hydrazone groups is 1. The highest BCUT2D eigenvalue weighted by Gasteiger charge is 2.18. The molecule has 1 aromatic carbocycles. The molecule has 0 amide bonds. The van der Waals surface area contributed by atoms with Crippen LogP contribution in [0.1, 0.15) is 46.3 Å². The largest absolute Gasteiger partial charge is 0.497 e. The number of nitrogens with zero attached hydrogens (tertiary/aromatic N) is 2. The molecule has 1 aromatic heterocycles. The van der Waals surface area contributed by atoms with E-state index in [0.717, 1.165) is 36.3 Å². The van der Waals surface area contributed by atoms with Crippen LogP contribution in [0.4, 0.5) is 5.13 Å². The van der Waals surface area contributed by atoms with Gasteiger partial charge in [-0.1, -0.05) is 11.3 Å². The molecular formula is C18H21N3O3S. The summed E-state index contributed by atoms with van der Waals surface area (Å²) in [6.07, 6.45) is 2.97. The van der Waals surface area contributed by atoms with Crippen molar-refractivity contribution in [3.05, 3.63) is 39.9 Å². The first-order valence-corrected chi connectivity index (χ1v) is 9.08. The molecule has 0 radical (unpaired) electrons. The number of anilines is 1. The predicted octanol–water partition coefficient (Wildman–Crippen LogP) is 3.79. The predicted molar refractivity (Wildman–Crippen MR) is 98.9 cm³/mol. The smallest absolute Gasteiger partial charge is 0.350 e. The summed E-state index contributed by atoms with van der Waals surface area (Å²) in [7, 11) is 1.67. The van der Waals surface area contributed by atoms with Crippen LogP contribution in [0.25, 0.3) is 0 Å². The van der Waals surface area contributed by atoms with Gasteiger partial charge < -0.3 is 9.47 Å². The van der Waals surface area contributed by atoms with Crippen LogP contribution in [0.15, 0.2) is 23.3 Å². The summed E-state index contributed by atoms with van der Waals surface area (Å²) < 4.78 is 10.3. The number of carbonyl (C=O) groups is 1. The number of benzene rings is 1. The Kier molecular flexibility index (Phi) is 5.33. The van der Waals surface area contributed by atoms with Gasteiger partial charge in [0, 0.05) is 5.56 Å². The van der Waals surface area contributed by atoms with Gasteiger partial charge in [-0.3, -0.25) is 5.43 Å². The van der Waals surface area contributed by atoms with Gasteiger partial charge >= 0.3 is 5.97 Å². The lowest BCUT2D eigenvalue weighted by Gasteiger charge is -2.18. The molecule has 7 heteroatoms. The van der Waals surface area contributed by atoms with Gasteiger partial charge in [0.05, 0.1) is 25.1 Å². The second kappa shape index (κ2) is 7.65. The van der Waals surface area contributed by atoms with Crippen molar-refractivity contribution in [1.29, 1.82) is 0 Å². The van der Waals surface area contributed by atoms with Gasteiger partial charge in [-0.05, 0) is 56.9 Å². The second-order valence-corrected chi connectivity index (χ2v) is 6.70. The number of aromatic nitrogens is 1. The molecule has 1 aliphatic rings. The summed E-state index contributed by atoms with van der Waals surface area (Å²) in [5.74, 6) is 0.524. The molecule has 0 bridgehead atoms. The number of hydrogen-bond acceptors (Lipinski definition) is 7. The lowest BCUT2D eigenvalue weighted by Crippen LogP contribution is -2.13. The quantitative estimate of drug-likeness (QED) is 0.649. The number of rotatable bonds is 5. The Bertz CT molecular complexity index is 814. The molecule has 1 heterocycles. The summed E-state index contributed by atoms with van der Waals surface area (Å²) in [4.78, 5) is 16.8. The highest BCUT2D eigenvalue weighted by Crippen LogP contribution is 2.27. The molecule has 0 spiro atoms. The number of fused-ring (bicyclic) bond motifs is 1. The van der Waals surface area contributed by atoms with Crippen molar-refractivity contribution < 1.29 is 14.3 Å². The zero-order chi connectivity index (χ0) is 17.8. The number of nitrogens with one attached hydrogen (secondary N) is 1. The molecule has 1 N–H and O–H groups in total. The maximum atomic E-state index is 11.9. The first kappa shape index (κ1) is 17.4. The average Bonchev–Trinajstić information content (AvgIpc) is 3.00. The van der Waals surface area contributed by atoms with Crippen LogP contribution in [0, 0.1) is 6.92 Å². The fourth-order valence-electron chi connectivity index (χ4n) is 2.83. The van der Waals surface area contributed by atoms with Crippen LogP contribution in [0.3, 0.4) is 0 Å². The Morgan fingerprint density at radius 1 is 1.40 bits per heavy atom. The van der Waals surface area contributed by atoms with Crippen LogP contribution in [0.5, 0.6) is 5.75 Å². The fraction of sp³-hybridized carbons (Fsp3) is 0.389. The molecule has 132 valence electrons. The Balaban J connectivity index is 1.80. The summed E-state index contributed by atoms with van der Waals surface area (Å²) in [6.45, 7) is 3.93. The first-order chi connectivity index (χ1) is 12.1. The monoisotopic (exact) mass is 359 g/mol. The molecule has 0 atom stereocenters. The van der Waals surface area contributed by atoms with Crippen molar-refractivity contribution >= 4 is 28.1 Å². The SMILES string of the molecule is CCOC(=O)c1sc(N/N=C2\CCCc3cc(OC)ccc32)nc1C. The number of esters is 1. The third-order valence-electron chi connectivity index (χ3n) is 4.03. The van der Waals surface area contributed by atoms with Gasteiger partial charge in [-0.25, -0.2) is 9.78 Å². The van der Waals surface area contributed by atoms with Crippen molar-refractivity contribution in [3.63, 3.8) is 0 Å². The molecule has 25 heavy (non-hydrogen) atoms. The summed E-state index contributed by atoms with van der Waals surface area (Å²) >= 11 is 1.26. The highest BCUT2D eigenvalue weighted by molar-refractivity contribution is 7.17. The molecule has 1 aliphatic carbocycles. The van der Waals surface area contributed by atoms with E-state index in [0.29, 0.717) is 22.3 Å². The summed E-state index contributed by atoms with van der Waals surface area (Å²) in [6, 6.07) is 6.06. The molecule has 0 aliphatic heterocycles. The highest BCUT2D eigenvalue weighted by atomic mass is 32.1. The lowest BCUT2D eigenvalue weighted by atomic mass is 9.90. The van der Waals surface area contributed by atoms with E-state index in [1.54, 1.807) is 21.0 Å². The van der Waals surface area contributed by atoms with Gasteiger partial charge in [0.15, 0.2) is 0 Å². The number of ether oxygens (including phenoxy) is 2. The van der Waals surface area contributed by atoms with Crippen molar-refractivity contribution in [3.8, 4) is 5.75 Å². The van der Waals surface area contributed by atoms with Crippen LogP contribution >= 0.6 is 11.3 Å². The Morgan fingerprint density at radius 2 is 2.24 bits per heavy atom. The Labute approximate surface area is 150 Å². The zero-order valence-electron chi connectivity index (χ0n) is 14.6. The molecular weight excluding hydrogens is 338 g/mol. The minimum Gasteiger partial charge on any atom is -0.497 e. The topological polar surface area (TPSA) is 72.8 Å². The van der Waals surface area contributed by atoms with Crippen molar-refractivity contribution in [2.24, 2.45) is 5.10 Å². The summed E-state index contributed by atoms with van der Waals surface area (Å²) in [5, 5.41) is 5.12. The van der Waals surface area contributed by atoms with Gasteiger partial charge in [-0.15, -0.1) is 0 Å². The number of aryl methyl sites for hydroxylation is 2. The molecule has 6 nitrogen and oxygen atoms in total. The van der Waals surface area contributed by atoms with Crippen molar-refractivity contribution in [2.75, 3.05) is 19.1 Å². The molecule has 0 unspecified atom stereocenters. The van der Waals surface area contributed by atoms with Gasteiger partial charge in [-0.2, -0.15) is 5.10 Å². The average molecular weight is 359 g/mol. The van der Waals surface area contributed by atoms with Crippen LogP contribution in [0.2, 0.25) is 0 Å². The molecule has 2 aromatic rings. The van der Waals surface area contributed by atoms with E-state index in [1.807, 2.05) is 12.1 Å². The normalized spacial score (nSPS) is 14.9. The van der Waals surface area contributed by atoms with Gasteiger partial charge in [0.2, 0.25) is 5.13 Å². The van der Waals surface area contributed by atoms with Gasteiger partial charge in [0.1, 0.15) is 10.6 Å². The van der Waals surface area contributed by atoms with Crippen LogP contribution < -0.4 is 10.2 Å². The number of hydrogen-bond donors (Lipinski definition) is 1. The van der Waals surface area contributed by atoms with Crippen molar-refractivity contribution in [2.45, 2.75) is 33.1 Å². The summed E-state index contributed by atoms with van der Waals surface area (Å²) in [5.41, 5.74) is 7.03. The van der Waals surface area contributed by atoms with Gasteiger partial charge in [0.25, 0.3) is 0 Å². The molecule has 3 rings (SSSR count). The Morgan fingerprint density at radius 3 is 3.00 bits per heavy atom. The van der Waals surface area contributed by atoms with Crippen LogP contribution in [-0.2, 0) is 11.2 Å². The van der Waals surface area contributed by atoms with E-state index < -0.39 is 0 Å². The molecule has 0 saturated carbocycles. The van der Waals surface area contributed by atoms with E-state index in [4.69, 9.17) is 9.47 Å². The van der Waals surface area contributed by atoms with E-state index in [9.17, 15) is 4.79 Å². The second-order valence-electron chi connectivity index (χ2n) is 5.70.